The molecule has 5 N–H and O–H groups in total. The average molecular weight is 536 g/mol. The number of ether oxygens (including phenoxy) is 5. The minimum atomic E-state index is -2.23. The Bertz CT molecular complexity index is 896. The molecule has 0 saturated carbocycles. The number of aliphatic hydroxyl groups excluding tert-OH is 1. The Kier molecular flexibility index (Phi) is 8.32. The zero-order chi connectivity index (χ0) is 29.0. The first-order valence-electron chi connectivity index (χ1n) is 12.4. The number of carbonyl (C=O) groups is 2. The van der Waals surface area contributed by atoms with E-state index >= 15 is 0 Å². The molecule has 2 aliphatic heterocycles. The molecule has 0 aromatic heterocycles. The van der Waals surface area contributed by atoms with Gasteiger partial charge in [-0.25, -0.2) is 4.79 Å². The van der Waals surface area contributed by atoms with Crippen LogP contribution in [-0.4, -0.2) is 110 Å². The highest BCUT2D eigenvalue weighted by atomic mass is 16.7. The maximum absolute atomic E-state index is 12.6. The van der Waals surface area contributed by atoms with Gasteiger partial charge in [-0.15, -0.1) is 0 Å². The summed E-state index contributed by atoms with van der Waals surface area (Å²) in [4.78, 5) is 25.0. The van der Waals surface area contributed by atoms with Gasteiger partial charge in [0.15, 0.2) is 11.9 Å². The summed E-state index contributed by atoms with van der Waals surface area (Å²) < 4.78 is 29.9. The third-order valence-corrected chi connectivity index (χ3v) is 9.21. The fourth-order valence-electron chi connectivity index (χ4n) is 5.58. The summed E-state index contributed by atoms with van der Waals surface area (Å²) in [6.07, 6.45) is -4.01. The largest absolute Gasteiger partial charge is 0.479 e. The Balaban J connectivity index is 2.83. The molecule has 216 valence electrons. The van der Waals surface area contributed by atoms with Gasteiger partial charge in [-0.05, 0) is 62.3 Å². The number of rotatable bonds is 8. The van der Waals surface area contributed by atoms with Gasteiger partial charge in [0.2, 0.25) is 5.91 Å². The van der Waals surface area contributed by atoms with E-state index < -0.39 is 69.5 Å². The molecular formula is C25H45NO11. The van der Waals surface area contributed by atoms with Crippen molar-refractivity contribution in [3.63, 3.8) is 0 Å². The van der Waals surface area contributed by atoms with E-state index in [1.807, 2.05) is 0 Å². The number of hydrogen-bond acceptors (Lipinski definition) is 10. The lowest BCUT2D eigenvalue weighted by Gasteiger charge is -2.65. The second-order valence-electron chi connectivity index (χ2n) is 11.5. The van der Waals surface area contributed by atoms with Crippen LogP contribution in [0.1, 0.15) is 69.2 Å². The van der Waals surface area contributed by atoms with Crippen LogP contribution in [-0.2, 0) is 33.3 Å². The molecule has 10 atom stereocenters. The lowest BCUT2D eigenvalue weighted by molar-refractivity contribution is -0.430. The number of carboxylic acids is 1. The Hall–Kier alpha value is -1.38. The first-order chi connectivity index (χ1) is 16.6. The van der Waals surface area contributed by atoms with Gasteiger partial charge in [0, 0.05) is 20.6 Å². The van der Waals surface area contributed by atoms with Crippen LogP contribution < -0.4 is 5.32 Å². The lowest BCUT2D eigenvalue weighted by Crippen LogP contribution is -2.86. The van der Waals surface area contributed by atoms with Crippen molar-refractivity contribution in [3.8, 4) is 0 Å². The number of carboxylic acid groups (broad SMARTS) is 1. The predicted molar refractivity (Wildman–Crippen MR) is 131 cm³/mol. The van der Waals surface area contributed by atoms with E-state index in [-0.39, 0.29) is 6.61 Å². The summed E-state index contributed by atoms with van der Waals surface area (Å²) in [5.74, 6) is -1.97. The Morgan fingerprint density at radius 1 is 1.03 bits per heavy atom. The van der Waals surface area contributed by atoms with E-state index in [9.17, 15) is 30.0 Å². The minimum Gasteiger partial charge on any atom is -0.479 e. The third-order valence-electron chi connectivity index (χ3n) is 9.21. The molecule has 12 heteroatoms. The number of carbonyl (C=O) groups excluding carboxylic acids is 1. The van der Waals surface area contributed by atoms with Gasteiger partial charge in [0.25, 0.3) is 0 Å². The maximum atomic E-state index is 12.6. The van der Waals surface area contributed by atoms with E-state index in [4.69, 9.17) is 23.7 Å². The zero-order valence-corrected chi connectivity index (χ0v) is 23.8. The van der Waals surface area contributed by atoms with Crippen molar-refractivity contribution in [2.75, 3.05) is 20.3 Å². The van der Waals surface area contributed by atoms with Crippen LogP contribution >= 0.6 is 0 Å². The Morgan fingerprint density at radius 2 is 1.57 bits per heavy atom. The highest BCUT2D eigenvalue weighted by Crippen LogP contribution is 2.54. The standard InChI is InChI=1S/C25H45NO11/c1-12-34-13-19(4)16(28)22(7,33-11)20(5,26-15(3)27)18(36-19)37-25(10)23(8,17(29)30)35-14(2)21(6,31)24(25,9)32/h14,16,18,28,31-32H,12-13H2,1-11H3,(H,26,27)(H,29,30). The smallest absolute Gasteiger partial charge is 0.338 e. The van der Waals surface area contributed by atoms with Crippen LogP contribution in [0.15, 0.2) is 0 Å². The SMILES string of the molecule is CCOCC1(C)OC(OC2(C)C(C)(C(=O)O)OC(C)C(C)(O)C2(C)O)C(C)(NC(C)=O)C(C)(OC)C1O. The summed E-state index contributed by atoms with van der Waals surface area (Å²) >= 11 is 0. The van der Waals surface area contributed by atoms with Crippen LogP contribution in [0.4, 0.5) is 0 Å². The van der Waals surface area contributed by atoms with Crippen molar-refractivity contribution in [3.05, 3.63) is 0 Å². The normalized spacial score (nSPS) is 50.5. The maximum Gasteiger partial charge on any atom is 0.338 e. The predicted octanol–water partition coefficient (Wildman–Crippen LogP) is 0.338. The third kappa shape index (κ3) is 4.29. The molecule has 2 rings (SSSR count). The fraction of sp³-hybridized carbons (Fsp3) is 0.920. The average Bonchev–Trinajstić information content (AvgIpc) is 2.78. The summed E-state index contributed by atoms with van der Waals surface area (Å²) in [6, 6.07) is 0. The molecule has 2 heterocycles. The van der Waals surface area contributed by atoms with Crippen molar-refractivity contribution in [2.45, 2.75) is 127 Å². The first-order valence-corrected chi connectivity index (χ1v) is 12.4. The molecule has 0 radical (unpaired) electrons. The van der Waals surface area contributed by atoms with Gasteiger partial charge in [0.1, 0.15) is 39.6 Å². The minimum absolute atomic E-state index is 0.103. The van der Waals surface area contributed by atoms with Gasteiger partial charge >= 0.3 is 5.97 Å². The topological polar surface area (TPSA) is 173 Å². The van der Waals surface area contributed by atoms with Gasteiger partial charge in [-0.1, -0.05) is 0 Å². The number of aliphatic carboxylic acids is 1. The number of aliphatic hydroxyl groups is 3. The summed E-state index contributed by atoms with van der Waals surface area (Å²) in [5, 5.41) is 47.6. The van der Waals surface area contributed by atoms with E-state index in [1.54, 1.807) is 20.8 Å². The Labute approximate surface area is 218 Å². The zero-order valence-electron chi connectivity index (χ0n) is 23.8. The van der Waals surface area contributed by atoms with Gasteiger partial charge in [-0.2, -0.15) is 0 Å². The second kappa shape index (κ2) is 9.67. The molecule has 12 nitrogen and oxygen atoms in total. The van der Waals surface area contributed by atoms with Crippen LogP contribution in [0.25, 0.3) is 0 Å². The quantitative estimate of drug-likeness (QED) is 0.290. The molecule has 2 saturated heterocycles. The molecule has 0 aromatic carbocycles. The monoisotopic (exact) mass is 535 g/mol. The summed E-state index contributed by atoms with van der Waals surface area (Å²) in [5.41, 5.74) is -13.3. The van der Waals surface area contributed by atoms with Crippen LogP contribution in [0.3, 0.4) is 0 Å². The Morgan fingerprint density at radius 3 is 2.00 bits per heavy atom. The van der Waals surface area contributed by atoms with Gasteiger partial charge in [0.05, 0.1) is 12.7 Å². The molecule has 2 aliphatic rings. The second-order valence-corrected chi connectivity index (χ2v) is 11.5. The first kappa shape index (κ1) is 31.8. The highest BCUT2D eigenvalue weighted by molar-refractivity contribution is 5.80. The summed E-state index contributed by atoms with van der Waals surface area (Å²) in [7, 11) is 1.35. The van der Waals surface area contributed by atoms with Crippen molar-refractivity contribution in [1.82, 2.24) is 5.32 Å². The molecule has 0 spiro atoms. The molecular weight excluding hydrogens is 490 g/mol. The van der Waals surface area contributed by atoms with Crippen LogP contribution in [0, 0.1) is 0 Å². The van der Waals surface area contributed by atoms with Gasteiger partial charge in [-0.3, -0.25) is 4.79 Å². The van der Waals surface area contributed by atoms with E-state index in [0.717, 1.165) is 0 Å². The number of nitrogens with one attached hydrogen (secondary N) is 1. The van der Waals surface area contributed by atoms with Crippen molar-refractivity contribution in [2.24, 2.45) is 0 Å². The number of hydrogen-bond donors (Lipinski definition) is 5. The molecule has 10 unspecified atom stereocenters. The van der Waals surface area contributed by atoms with Crippen molar-refractivity contribution < 1.29 is 53.7 Å². The number of methoxy groups -OCH3 is 1. The van der Waals surface area contributed by atoms with Gasteiger partial charge < -0.3 is 49.4 Å². The van der Waals surface area contributed by atoms with E-state index in [2.05, 4.69) is 5.32 Å². The molecule has 37 heavy (non-hydrogen) atoms. The van der Waals surface area contributed by atoms with Crippen LogP contribution in [0.2, 0.25) is 0 Å². The molecule has 0 aliphatic carbocycles. The fourth-order valence-corrected chi connectivity index (χ4v) is 5.58. The van der Waals surface area contributed by atoms with E-state index in [1.165, 1.54) is 55.6 Å². The van der Waals surface area contributed by atoms with Crippen molar-refractivity contribution in [1.29, 1.82) is 0 Å². The van der Waals surface area contributed by atoms with E-state index in [0.29, 0.717) is 6.61 Å². The molecule has 0 bridgehead atoms. The van der Waals surface area contributed by atoms with Crippen LogP contribution in [0.5, 0.6) is 0 Å². The molecule has 2 fully saturated rings. The summed E-state index contributed by atoms with van der Waals surface area (Å²) in [6.45, 7) is 14.4. The lowest BCUT2D eigenvalue weighted by atomic mass is 9.61. The highest BCUT2D eigenvalue weighted by Gasteiger charge is 2.76. The number of amides is 1. The molecule has 0 aromatic rings. The molecule has 1 amide bonds. The van der Waals surface area contributed by atoms with Crippen molar-refractivity contribution >= 4 is 11.9 Å².